The van der Waals surface area contributed by atoms with Gasteiger partial charge in [0.05, 0.1) is 5.69 Å². The first-order valence-electron chi connectivity index (χ1n) is 6.06. The first-order valence-corrected chi connectivity index (χ1v) is 6.85. The van der Waals surface area contributed by atoms with Crippen molar-refractivity contribution in [2.75, 3.05) is 13.6 Å². The third kappa shape index (κ3) is 2.65. The number of aromatic nitrogens is 2. The highest BCUT2D eigenvalue weighted by molar-refractivity contribution is 9.10. The topological polar surface area (TPSA) is 29.9 Å². The number of halogens is 1. The lowest BCUT2D eigenvalue weighted by atomic mass is 10.1. The monoisotopic (exact) mass is 307 g/mol. The van der Waals surface area contributed by atoms with Crippen LogP contribution < -0.4 is 5.32 Å². The molecule has 1 N–H and O–H groups in total. The Morgan fingerprint density at radius 1 is 1.28 bits per heavy atom. The molecule has 1 aromatic heterocycles. The van der Waals surface area contributed by atoms with E-state index >= 15 is 0 Å². The molecule has 2 aromatic rings. The predicted molar refractivity (Wildman–Crippen MR) is 78.7 cm³/mol. The largest absolute Gasteiger partial charge is 0.330 e. The molecule has 0 bridgehead atoms. The summed E-state index contributed by atoms with van der Waals surface area (Å²) >= 11 is 3.55. The van der Waals surface area contributed by atoms with Gasteiger partial charge in [0.25, 0.3) is 0 Å². The smallest absolute Gasteiger partial charge is 0.141 e. The van der Waals surface area contributed by atoms with Gasteiger partial charge in [-0.2, -0.15) is 0 Å². The lowest BCUT2D eigenvalue weighted by Crippen LogP contribution is -2.12. The van der Waals surface area contributed by atoms with Gasteiger partial charge < -0.3 is 9.88 Å². The van der Waals surface area contributed by atoms with Gasteiger partial charge >= 0.3 is 0 Å². The van der Waals surface area contributed by atoms with Gasteiger partial charge in [-0.05, 0) is 29.9 Å². The van der Waals surface area contributed by atoms with Gasteiger partial charge in [0.1, 0.15) is 10.4 Å². The van der Waals surface area contributed by atoms with Crippen molar-refractivity contribution in [1.29, 1.82) is 0 Å². The maximum atomic E-state index is 4.61. The maximum Gasteiger partial charge on any atom is 0.141 e. The highest BCUT2D eigenvalue weighted by atomic mass is 79.9. The quantitative estimate of drug-likeness (QED) is 0.941. The van der Waals surface area contributed by atoms with Crippen molar-refractivity contribution in [1.82, 2.24) is 14.9 Å². The van der Waals surface area contributed by atoms with Gasteiger partial charge in [0, 0.05) is 25.6 Å². The molecule has 0 fully saturated rings. The van der Waals surface area contributed by atoms with Gasteiger partial charge in [-0.3, -0.25) is 0 Å². The minimum absolute atomic E-state index is 0.941. The summed E-state index contributed by atoms with van der Waals surface area (Å²) in [4.78, 5) is 4.61. The zero-order valence-corrected chi connectivity index (χ0v) is 12.6. The fraction of sp³-hybridized carbons (Fsp3) is 0.357. The number of likely N-dealkylation sites (N-methyl/N-ethyl adjacent to an activating group) is 1. The Labute approximate surface area is 116 Å². The summed E-state index contributed by atoms with van der Waals surface area (Å²) in [5.74, 6) is 1.01. The van der Waals surface area contributed by atoms with Crippen LogP contribution in [0.4, 0.5) is 0 Å². The fourth-order valence-corrected chi connectivity index (χ4v) is 2.61. The Hall–Kier alpha value is -1.13. The molecule has 0 spiro atoms. The van der Waals surface area contributed by atoms with E-state index in [2.05, 4.69) is 69.0 Å². The van der Waals surface area contributed by atoms with Crippen LogP contribution in [0.25, 0.3) is 11.4 Å². The molecule has 0 atom stereocenters. The van der Waals surface area contributed by atoms with Gasteiger partial charge in [0.2, 0.25) is 0 Å². The molecule has 0 aliphatic heterocycles. The SMILES string of the molecule is CNCCc1c(Br)nc(-c2ccc(C)cc2)n1C. The molecule has 0 amide bonds. The number of aryl methyl sites for hydroxylation is 1. The van der Waals surface area contributed by atoms with Crippen molar-refractivity contribution in [2.24, 2.45) is 7.05 Å². The second-order valence-corrected chi connectivity index (χ2v) is 5.20. The third-order valence-corrected chi connectivity index (χ3v) is 3.72. The Bertz CT molecular complexity index is 529. The predicted octanol–water partition coefficient (Wildman–Crippen LogP) is 2.92. The highest BCUT2D eigenvalue weighted by Gasteiger charge is 2.13. The summed E-state index contributed by atoms with van der Waals surface area (Å²) in [6.07, 6.45) is 0.965. The summed E-state index contributed by atoms with van der Waals surface area (Å²) in [7, 11) is 4.03. The fourth-order valence-electron chi connectivity index (χ4n) is 1.97. The molecule has 1 aromatic carbocycles. The lowest BCUT2D eigenvalue weighted by Gasteiger charge is -2.06. The van der Waals surface area contributed by atoms with Crippen LogP contribution >= 0.6 is 15.9 Å². The van der Waals surface area contributed by atoms with Crippen molar-refractivity contribution in [2.45, 2.75) is 13.3 Å². The maximum absolute atomic E-state index is 4.61. The molecule has 0 unspecified atom stereocenters. The molecule has 0 radical (unpaired) electrons. The minimum atomic E-state index is 0.941. The van der Waals surface area contributed by atoms with Crippen molar-refractivity contribution in [3.05, 3.63) is 40.1 Å². The normalized spacial score (nSPS) is 10.9. The van der Waals surface area contributed by atoms with Gasteiger partial charge in [0.15, 0.2) is 0 Å². The molecule has 2 rings (SSSR count). The van der Waals surface area contributed by atoms with Crippen molar-refractivity contribution < 1.29 is 0 Å². The average Bonchev–Trinajstić information content (AvgIpc) is 2.64. The molecule has 18 heavy (non-hydrogen) atoms. The molecule has 0 aliphatic carbocycles. The number of rotatable bonds is 4. The number of hydrogen-bond acceptors (Lipinski definition) is 2. The molecule has 96 valence electrons. The Morgan fingerprint density at radius 2 is 1.94 bits per heavy atom. The second kappa shape index (κ2) is 5.67. The lowest BCUT2D eigenvalue weighted by molar-refractivity contribution is 0.738. The number of nitrogens with zero attached hydrogens (tertiary/aromatic N) is 2. The molecule has 0 saturated carbocycles. The molecule has 4 heteroatoms. The van der Waals surface area contributed by atoms with E-state index in [1.807, 2.05) is 7.05 Å². The second-order valence-electron chi connectivity index (χ2n) is 4.45. The van der Waals surface area contributed by atoms with E-state index in [0.717, 1.165) is 29.0 Å². The summed E-state index contributed by atoms with van der Waals surface area (Å²) in [6, 6.07) is 8.47. The number of imidazole rings is 1. The van der Waals surface area contributed by atoms with E-state index in [1.54, 1.807) is 0 Å². The third-order valence-electron chi connectivity index (χ3n) is 3.09. The molecular weight excluding hydrogens is 290 g/mol. The Balaban J connectivity index is 2.37. The van der Waals surface area contributed by atoms with E-state index in [4.69, 9.17) is 0 Å². The first-order chi connectivity index (χ1) is 8.63. The Morgan fingerprint density at radius 3 is 2.56 bits per heavy atom. The van der Waals surface area contributed by atoms with Crippen molar-refractivity contribution >= 4 is 15.9 Å². The number of nitrogens with one attached hydrogen (secondary N) is 1. The Kier molecular flexibility index (Phi) is 4.19. The average molecular weight is 308 g/mol. The van der Waals surface area contributed by atoms with Crippen LogP contribution in [0.5, 0.6) is 0 Å². The first kappa shape index (κ1) is 13.3. The van der Waals surface area contributed by atoms with Gasteiger partial charge in [-0.25, -0.2) is 4.98 Å². The highest BCUT2D eigenvalue weighted by Crippen LogP contribution is 2.25. The molecular formula is C14H18BrN3. The summed E-state index contributed by atoms with van der Waals surface area (Å²) in [5, 5.41) is 3.17. The van der Waals surface area contributed by atoms with Crippen molar-refractivity contribution in [3.8, 4) is 11.4 Å². The van der Waals surface area contributed by atoms with E-state index < -0.39 is 0 Å². The zero-order valence-electron chi connectivity index (χ0n) is 11.0. The van der Waals surface area contributed by atoms with Gasteiger partial charge in [-0.1, -0.05) is 29.8 Å². The van der Waals surface area contributed by atoms with Crippen molar-refractivity contribution in [3.63, 3.8) is 0 Å². The van der Waals surface area contributed by atoms with E-state index in [0.29, 0.717) is 0 Å². The standard InChI is InChI=1S/C14H18BrN3/c1-10-4-6-11(7-5-10)14-17-13(15)12(18(14)3)8-9-16-2/h4-7,16H,8-9H2,1-3H3. The van der Waals surface area contributed by atoms with Crippen LogP contribution in [0.2, 0.25) is 0 Å². The number of hydrogen-bond donors (Lipinski definition) is 1. The van der Waals surface area contributed by atoms with Gasteiger partial charge in [-0.15, -0.1) is 0 Å². The summed E-state index contributed by atoms with van der Waals surface area (Å²) in [5.41, 5.74) is 3.64. The summed E-state index contributed by atoms with van der Waals surface area (Å²) in [6.45, 7) is 3.04. The minimum Gasteiger partial charge on any atom is -0.330 e. The van der Waals surface area contributed by atoms with E-state index in [9.17, 15) is 0 Å². The number of benzene rings is 1. The van der Waals surface area contributed by atoms with Crippen LogP contribution in [-0.2, 0) is 13.5 Å². The van der Waals surface area contributed by atoms with Crippen LogP contribution in [0.1, 0.15) is 11.3 Å². The molecule has 1 heterocycles. The molecule has 0 aliphatic rings. The zero-order chi connectivity index (χ0) is 13.1. The van der Waals surface area contributed by atoms with Crippen LogP contribution in [0, 0.1) is 6.92 Å². The summed E-state index contributed by atoms with van der Waals surface area (Å²) < 4.78 is 3.10. The van der Waals surface area contributed by atoms with Crippen LogP contribution in [0.3, 0.4) is 0 Å². The van der Waals surface area contributed by atoms with Crippen LogP contribution in [0.15, 0.2) is 28.9 Å². The molecule has 3 nitrogen and oxygen atoms in total. The molecule has 0 saturated heterocycles. The van der Waals surface area contributed by atoms with Crippen LogP contribution in [-0.4, -0.2) is 23.1 Å². The van der Waals surface area contributed by atoms with E-state index in [1.165, 1.54) is 11.3 Å². The van der Waals surface area contributed by atoms with E-state index in [-0.39, 0.29) is 0 Å².